The predicted octanol–water partition coefficient (Wildman–Crippen LogP) is 4.09. The van der Waals surface area contributed by atoms with Gasteiger partial charge in [0.1, 0.15) is 0 Å². The van der Waals surface area contributed by atoms with Crippen molar-refractivity contribution in [3.63, 3.8) is 0 Å². The van der Waals surface area contributed by atoms with Crippen LogP contribution in [0, 0.1) is 13.8 Å². The molecule has 10 heteroatoms. The van der Waals surface area contributed by atoms with Crippen molar-refractivity contribution in [3.8, 4) is 0 Å². The van der Waals surface area contributed by atoms with Crippen molar-refractivity contribution in [3.05, 3.63) is 59.7 Å². The lowest BCUT2D eigenvalue weighted by molar-refractivity contribution is 0.136. The second kappa shape index (κ2) is 9.72. The molecule has 2 aromatic rings. The van der Waals surface area contributed by atoms with E-state index in [1.807, 2.05) is 26.9 Å². The molecular formula is C25H38N2O5S2Si. The summed E-state index contributed by atoms with van der Waals surface area (Å²) in [5.74, 6) is 0. The molecule has 1 aliphatic heterocycles. The summed E-state index contributed by atoms with van der Waals surface area (Å²) in [6, 6.07) is 13.0. The Kier molecular flexibility index (Phi) is 7.78. The number of hydrogen-bond donors (Lipinski definition) is 1. The van der Waals surface area contributed by atoms with Gasteiger partial charge in [-0.3, -0.25) is 0 Å². The monoisotopic (exact) mass is 538 g/mol. The molecule has 194 valence electrons. The SMILES string of the molecule is Cc1ccc(S(=O)(=O)N2CCNCC2(CO[Si](C)(C)C(C)(C)C)S(=O)(=O)c2ccc(C)cc2)cc1. The number of nitrogens with zero attached hydrogens (tertiary/aromatic N) is 1. The number of nitrogens with one attached hydrogen (secondary N) is 1. The van der Waals surface area contributed by atoms with Gasteiger partial charge in [-0.1, -0.05) is 56.2 Å². The Labute approximate surface area is 212 Å². The zero-order valence-corrected chi connectivity index (χ0v) is 24.4. The van der Waals surface area contributed by atoms with Crippen LogP contribution in [0.15, 0.2) is 58.3 Å². The molecule has 1 aliphatic rings. The Morgan fingerprint density at radius 2 is 1.40 bits per heavy atom. The molecule has 0 spiro atoms. The van der Waals surface area contributed by atoms with Gasteiger partial charge in [0.2, 0.25) is 19.9 Å². The summed E-state index contributed by atoms with van der Waals surface area (Å²) < 4.78 is 64.2. The van der Waals surface area contributed by atoms with Gasteiger partial charge in [0.15, 0.2) is 13.2 Å². The van der Waals surface area contributed by atoms with Crippen LogP contribution in [-0.4, -0.2) is 60.6 Å². The van der Waals surface area contributed by atoms with Crippen molar-refractivity contribution in [2.75, 3.05) is 26.2 Å². The number of sulfone groups is 1. The van der Waals surface area contributed by atoms with Crippen LogP contribution < -0.4 is 5.32 Å². The standard InChI is InChI=1S/C25H38N2O5S2Si/c1-20-8-12-22(13-9-20)33(28,29)25(19-32-35(6,7)24(3,4)5)18-26-16-17-27(25)34(30,31)23-14-10-21(2)11-15-23/h8-15,26H,16-19H2,1-7H3. The minimum absolute atomic E-state index is 0.0160. The molecule has 0 amide bonds. The third kappa shape index (κ3) is 5.28. The van der Waals surface area contributed by atoms with Gasteiger partial charge in [-0.15, -0.1) is 0 Å². The van der Waals surface area contributed by atoms with E-state index >= 15 is 0 Å². The van der Waals surface area contributed by atoms with Crippen LogP contribution in [0.3, 0.4) is 0 Å². The van der Waals surface area contributed by atoms with Crippen LogP contribution in [0.25, 0.3) is 0 Å². The Morgan fingerprint density at radius 1 is 0.914 bits per heavy atom. The predicted molar refractivity (Wildman–Crippen MR) is 142 cm³/mol. The van der Waals surface area contributed by atoms with Crippen molar-refractivity contribution in [1.82, 2.24) is 9.62 Å². The van der Waals surface area contributed by atoms with E-state index in [0.29, 0.717) is 6.54 Å². The van der Waals surface area contributed by atoms with Gasteiger partial charge >= 0.3 is 0 Å². The lowest BCUT2D eigenvalue weighted by atomic mass is 10.2. The van der Waals surface area contributed by atoms with Gasteiger partial charge in [-0.2, -0.15) is 4.31 Å². The van der Waals surface area contributed by atoms with Crippen LogP contribution in [0.5, 0.6) is 0 Å². The zero-order valence-electron chi connectivity index (χ0n) is 21.8. The number of piperazine rings is 1. The average Bonchev–Trinajstić information content (AvgIpc) is 2.77. The second-order valence-electron chi connectivity index (χ2n) is 10.9. The van der Waals surface area contributed by atoms with Crippen LogP contribution >= 0.6 is 0 Å². The average molecular weight is 539 g/mol. The lowest BCUT2D eigenvalue weighted by Gasteiger charge is -2.47. The molecule has 7 nitrogen and oxygen atoms in total. The third-order valence-corrected chi connectivity index (χ3v) is 16.2. The molecule has 1 unspecified atom stereocenters. The van der Waals surface area contributed by atoms with E-state index in [1.165, 1.54) is 12.1 Å². The van der Waals surface area contributed by atoms with Crippen LogP contribution in [-0.2, 0) is 24.3 Å². The molecular weight excluding hydrogens is 501 g/mol. The second-order valence-corrected chi connectivity index (χ2v) is 19.8. The summed E-state index contributed by atoms with van der Waals surface area (Å²) >= 11 is 0. The third-order valence-electron chi connectivity index (χ3n) is 7.25. The summed E-state index contributed by atoms with van der Waals surface area (Å²) in [5, 5.41) is 2.97. The molecule has 0 bridgehead atoms. The molecule has 1 heterocycles. The fourth-order valence-corrected chi connectivity index (χ4v) is 8.96. The first kappa shape index (κ1) is 28.0. The summed E-state index contributed by atoms with van der Waals surface area (Å²) in [4.78, 5) is -1.68. The van der Waals surface area contributed by atoms with Crippen molar-refractivity contribution in [2.24, 2.45) is 0 Å². The van der Waals surface area contributed by atoms with E-state index in [-0.39, 0.29) is 34.5 Å². The molecule has 0 aromatic heterocycles. The Bertz CT molecular complexity index is 1250. The van der Waals surface area contributed by atoms with Gasteiger partial charge in [-0.05, 0) is 56.2 Å². The van der Waals surface area contributed by atoms with E-state index < -0.39 is 33.0 Å². The van der Waals surface area contributed by atoms with E-state index in [9.17, 15) is 16.8 Å². The summed E-state index contributed by atoms with van der Waals surface area (Å²) in [5.41, 5.74) is 1.84. The summed E-state index contributed by atoms with van der Waals surface area (Å²) in [6.45, 7) is 14.1. The van der Waals surface area contributed by atoms with Gasteiger partial charge in [0.25, 0.3) is 0 Å². The first-order valence-electron chi connectivity index (χ1n) is 11.8. The smallest absolute Gasteiger partial charge is 0.244 e. The highest BCUT2D eigenvalue weighted by molar-refractivity contribution is 7.95. The molecule has 0 radical (unpaired) electrons. The zero-order chi connectivity index (χ0) is 26.3. The minimum atomic E-state index is -4.18. The topological polar surface area (TPSA) is 92.8 Å². The van der Waals surface area contributed by atoms with E-state index in [2.05, 4.69) is 26.1 Å². The molecule has 1 atom stereocenters. The lowest BCUT2D eigenvalue weighted by Crippen LogP contribution is -2.69. The van der Waals surface area contributed by atoms with Crippen molar-refractivity contribution in [2.45, 2.75) is 67.4 Å². The molecule has 2 aromatic carbocycles. The maximum Gasteiger partial charge on any atom is 0.244 e. The van der Waals surface area contributed by atoms with E-state index in [0.717, 1.165) is 15.4 Å². The fraction of sp³-hybridized carbons (Fsp3) is 0.520. The van der Waals surface area contributed by atoms with Gasteiger partial charge in [-0.25, -0.2) is 16.8 Å². The van der Waals surface area contributed by atoms with Gasteiger partial charge in [0, 0.05) is 19.6 Å². The van der Waals surface area contributed by atoms with Crippen molar-refractivity contribution < 1.29 is 21.3 Å². The number of benzene rings is 2. The first-order valence-corrected chi connectivity index (χ1v) is 17.6. The molecule has 3 rings (SSSR count). The van der Waals surface area contributed by atoms with Crippen LogP contribution in [0.4, 0.5) is 0 Å². The van der Waals surface area contributed by atoms with Gasteiger partial charge < -0.3 is 9.74 Å². The highest BCUT2D eigenvalue weighted by atomic mass is 32.2. The maximum atomic E-state index is 14.3. The molecule has 35 heavy (non-hydrogen) atoms. The minimum Gasteiger partial charge on any atom is -0.414 e. The normalized spacial score (nSPS) is 20.7. The number of rotatable bonds is 7. The number of hydrogen-bond acceptors (Lipinski definition) is 6. The fourth-order valence-electron chi connectivity index (χ4n) is 3.81. The number of aryl methyl sites for hydroxylation is 2. The molecule has 1 saturated heterocycles. The largest absolute Gasteiger partial charge is 0.414 e. The highest BCUT2D eigenvalue weighted by Gasteiger charge is 2.57. The Hall–Kier alpha value is -1.56. The Balaban J connectivity index is 2.21. The van der Waals surface area contributed by atoms with E-state index in [1.54, 1.807) is 36.4 Å². The van der Waals surface area contributed by atoms with E-state index in [4.69, 9.17) is 4.43 Å². The van der Waals surface area contributed by atoms with Crippen LogP contribution in [0.2, 0.25) is 18.1 Å². The summed E-state index contributed by atoms with van der Waals surface area (Å²) in [6.07, 6.45) is 0. The maximum absolute atomic E-state index is 14.3. The highest BCUT2D eigenvalue weighted by Crippen LogP contribution is 2.40. The molecule has 0 aliphatic carbocycles. The van der Waals surface area contributed by atoms with Gasteiger partial charge in [0.05, 0.1) is 16.4 Å². The first-order chi connectivity index (χ1) is 16.0. The molecule has 0 saturated carbocycles. The molecule has 1 N–H and O–H groups in total. The van der Waals surface area contributed by atoms with Crippen LogP contribution in [0.1, 0.15) is 31.9 Å². The van der Waals surface area contributed by atoms with Crippen molar-refractivity contribution in [1.29, 1.82) is 0 Å². The summed E-state index contributed by atoms with van der Waals surface area (Å²) in [7, 11) is -10.7. The van der Waals surface area contributed by atoms with Crippen molar-refractivity contribution >= 4 is 28.2 Å². The Morgan fingerprint density at radius 3 is 1.89 bits per heavy atom. The number of sulfonamides is 1. The molecule has 1 fully saturated rings. The quantitative estimate of drug-likeness (QED) is 0.534.